The molecule has 4 heterocycles. The Morgan fingerprint density at radius 3 is 1.04 bits per heavy atom. The van der Waals surface area contributed by atoms with E-state index in [2.05, 4.69) is 119 Å². The first-order chi connectivity index (χ1) is 19.8. The molecule has 0 spiro atoms. The maximum Gasteiger partial charge on any atom is 0.117 e. The van der Waals surface area contributed by atoms with Crippen molar-refractivity contribution in [3.63, 3.8) is 0 Å². The zero-order valence-corrected chi connectivity index (χ0v) is 32.9. The summed E-state index contributed by atoms with van der Waals surface area (Å²) in [5.41, 5.74) is 2.20. The summed E-state index contributed by atoms with van der Waals surface area (Å²) in [6, 6.07) is 0.949. The van der Waals surface area contributed by atoms with Crippen molar-refractivity contribution in [2.24, 2.45) is 34.5 Å². The lowest BCUT2D eigenvalue weighted by Crippen LogP contribution is -2.49. The van der Waals surface area contributed by atoms with Crippen molar-refractivity contribution in [2.75, 3.05) is 32.7 Å². The zero-order chi connectivity index (χ0) is 33.9. The molecule has 3 saturated carbocycles. The maximum absolute atomic E-state index is 13.1. The summed E-state index contributed by atoms with van der Waals surface area (Å²) in [4.78, 5) is 7.37. The molecule has 0 aromatic rings. The highest BCUT2D eigenvalue weighted by atomic mass is 19.1. The standard InChI is InChI=1S/C9H18FN.C9H17N.C8H16.C7H15N.C7H14.2CH4/c1-7-5-11(6-8(7)10)9(2,3)4;1-9(2,3)10-6-7-4-8(10)5-7;1-8(2,3)7-5-4-6-7;1-7(2,3)8-5-4-6-8;1-7(2,3)6-4-5-6;;/h7-8H,5-6H2,1-4H3;7-8H,4-6H2,1-3H3;7H,4-6H2,1-3H3;4-6H2,1-3H3;6H,4-5H2,1-3H3;2*1H4/t7-,8+;;;;;;/m1....../s1. The van der Waals surface area contributed by atoms with Crippen molar-refractivity contribution in [3.8, 4) is 0 Å². The van der Waals surface area contributed by atoms with Crippen LogP contribution in [-0.4, -0.2) is 76.3 Å². The second-order valence-electron chi connectivity index (χ2n) is 20.5. The fraction of sp³-hybridized carbons (Fsp3) is 1.00. The second-order valence-corrected chi connectivity index (χ2v) is 20.5. The van der Waals surface area contributed by atoms with E-state index in [1.807, 2.05) is 6.92 Å². The molecule has 3 nitrogen and oxygen atoms in total. The van der Waals surface area contributed by atoms with Gasteiger partial charge in [-0.05, 0) is 149 Å². The predicted molar refractivity (Wildman–Crippen MR) is 207 cm³/mol. The number of likely N-dealkylation sites (tertiary alicyclic amines) is 2. The van der Waals surface area contributed by atoms with Crippen LogP contribution in [0.4, 0.5) is 4.39 Å². The number of nitrogens with zero attached hydrogens (tertiary/aromatic N) is 3. The number of alkyl halides is 1. The molecule has 3 aliphatic carbocycles. The Morgan fingerprint density at radius 2 is 0.957 bits per heavy atom. The van der Waals surface area contributed by atoms with Gasteiger partial charge in [0.1, 0.15) is 6.17 Å². The summed E-state index contributed by atoms with van der Waals surface area (Å²) in [6.07, 6.45) is 11.1. The fourth-order valence-electron chi connectivity index (χ4n) is 7.04. The number of halogens is 1. The Labute approximate surface area is 291 Å². The van der Waals surface area contributed by atoms with E-state index in [0.717, 1.165) is 30.3 Å². The monoisotopic (exact) mass is 654 g/mol. The van der Waals surface area contributed by atoms with Crippen LogP contribution in [0.2, 0.25) is 0 Å². The second kappa shape index (κ2) is 17.6. The van der Waals surface area contributed by atoms with Crippen molar-refractivity contribution in [2.45, 2.75) is 206 Å². The third-order valence-corrected chi connectivity index (χ3v) is 11.4. The van der Waals surface area contributed by atoms with E-state index in [-0.39, 0.29) is 26.3 Å². The molecule has 0 aromatic heterocycles. The highest BCUT2D eigenvalue weighted by Gasteiger charge is 2.46. The minimum Gasteiger partial charge on any atom is -0.298 e. The molecular weight excluding hydrogens is 565 g/mol. The first-order valence-electron chi connectivity index (χ1n) is 18.7. The average Bonchev–Trinajstić information content (AvgIpc) is 3.22. The molecule has 4 heteroatoms. The lowest BCUT2D eigenvalue weighted by molar-refractivity contribution is 0.0690. The lowest BCUT2D eigenvalue weighted by atomic mass is 9.69. The molecule has 46 heavy (non-hydrogen) atoms. The van der Waals surface area contributed by atoms with E-state index < -0.39 is 6.17 Å². The number of rotatable bonds is 0. The molecular formula is C42H88FN3. The smallest absolute Gasteiger partial charge is 0.117 e. The summed E-state index contributed by atoms with van der Waals surface area (Å²) >= 11 is 0. The molecule has 2 bridgehead atoms. The van der Waals surface area contributed by atoms with Crippen LogP contribution in [0.1, 0.15) is 177 Å². The van der Waals surface area contributed by atoms with Crippen LogP contribution in [-0.2, 0) is 0 Å². The number of fused-ring (bicyclic) bond motifs is 1. The van der Waals surface area contributed by atoms with Gasteiger partial charge in [-0.15, -0.1) is 0 Å². The average molecular weight is 654 g/mol. The molecule has 0 radical (unpaired) electrons. The van der Waals surface area contributed by atoms with Gasteiger partial charge in [-0.25, -0.2) is 4.39 Å². The Morgan fingerprint density at radius 1 is 0.522 bits per heavy atom. The van der Waals surface area contributed by atoms with E-state index >= 15 is 0 Å². The predicted octanol–water partition coefficient (Wildman–Crippen LogP) is 12.0. The van der Waals surface area contributed by atoms with Gasteiger partial charge in [0, 0.05) is 48.2 Å². The van der Waals surface area contributed by atoms with Crippen LogP contribution in [0, 0.1) is 34.5 Å². The van der Waals surface area contributed by atoms with Crippen LogP contribution < -0.4 is 0 Å². The van der Waals surface area contributed by atoms with Gasteiger partial charge in [0.15, 0.2) is 0 Å². The topological polar surface area (TPSA) is 9.72 Å². The van der Waals surface area contributed by atoms with Crippen LogP contribution >= 0.6 is 0 Å². The third kappa shape index (κ3) is 15.1. The third-order valence-electron chi connectivity index (χ3n) is 11.4. The van der Waals surface area contributed by atoms with Gasteiger partial charge in [0.05, 0.1) is 0 Å². The van der Waals surface area contributed by atoms with Gasteiger partial charge in [-0.2, -0.15) is 0 Å². The van der Waals surface area contributed by atoms with Crippen LogP contribution in [0.5, 0.6) is 0 Å². The van der Waals surface area contributed by atoms with Crippen LogP contribution in [0.3, 0.4) is 0 Å². The summed E-state index contributed by atoms with van der Waals surface area (Å²) < 4.78 is 13.1. The van der Waals surface area contributed by atoms with Crippen molar-refractivity contribution in [3.05, 3.63) is 0 Å². The molecule has 0 amide bonds. The van der Waals surface area contributed by atoms with Gasteiger partial charge in [0.2, 0.25) is 0 Å². The van der Waals surface area contributed by atoms with Crippen molar-refractivity contribution in [1.29, 1.82) is 0 Å². The normalized spacial score (nSPS) is 28.4. The van der Waals surface area contributed by atoms with Gasteiger partial charge in [0.25, 0.3) is 0 Å². The van der Waals surface area contributed by atoms with E-state index in [9.17, 15) is 4.39 Å². The Balaban J connectivity index is 0.000000549. The number of hydrogen-bond donors (Lipinski definition) is 0. The molecule has 4 saturated heterocycles. The molecule has 278 valence electrons. The van der Waals surface area contributed by atoms with Crippen LogP contribution in [0.15, 0.2) is 0 Å². The van der Waals surface area contributed by atoms with E-state index in [1.165, 1.54) is 71.0 Å². The zero-order valence-electron chi connectivity index (χ0n) is 32.9. The first-order valence-corrected chi connectivity index (χ1v) is 18.7. The van der Waals surface area contributed by atoms with Crippen molar-refractivity contribution >= 4 is 0 Å². The van der Waals surface area contributed by atoms with Gasteiger partial charge < -0.3 is 0 Å². The Kier molecular flexibility index (Phi) is 17.6. The number of hydrogen-bond acceptors (Lipinski definition) is 3. The molecule has 7 fully saturated rings. The Hall–Kier alpha value is -0.190. The quantitative estimate of drug-likeness (QED) is 0.258. The minimum atomic E-state index is -0.616. The molecule has 0 unspecified atom stereocenters. The fourth-order valence-corrected chi connectivity index (χ4v) is 7.04. The maximum atomic E-state index is 13.1. The first kappa shape index (κ1) is 45.8. The molecule has 0 N–H and O–H groups in total. The van der Waals surface area contributed by atoms with Gasteiger partial charge >= 0.3 is 0 Å². The largest absolute Gasteiger partial charge is 0.298 e. The molecule has 0 aromatic carbocycles. The van der Waals surface area contributed by atoms with E-state index in [0.29, 0.717) is 28.5 Å². The minimum absolute atomic E-state index is 0. The van der Waals surface area contributed by atoms with Crippen molar-refractivity contribution in [1.82, 2.24) is 14.7 Å². The van der Waals surface area contributed by atoms with Gasteiger partial charge in [-0.3, -0.25) is 14.7 Å². The molecule has 2 atom stereocenters. The highest BCUT2D eigenvalue weighted by Crippen LogP contribution is 2.45. The lowest BCUT2D eigenvalue weighted by Gasteiger charge is -2.42. The van der Waals surface area contributed by atoms with Gasteiger partial charge in [-0.1, -0.05) is 69.7 Å². The highest BCUT2D eigenvalue weighted by molar-refractivity contribution is 5.01. The SMILES string of the molecule is C.C.CC(C)(C)C1CC1.CC(C)(C)C1CCC1.CC(C)(C)N1CC2CC1C2.CC(C)(C)N1CCC1.C[C@@H]1CN(C(C)(C)C)C[C@@H]1F. The molecule has 7 rings (SSSR count). The van der Waals surface area contributed by atoms with Crippen molar-refractivity contribution < 1.29 is 4.39 Å². The summed E-state index contributed by atoms with van der Waals surface area (Å²) in [7, 11) is 0. The van der Waals surface area contributed by atoms with E-state index in [4.69, 9.17) is 0 Å². The molecule has 4 aliphatic heterocycles. The summed E-state index contributed by atoms with van der Waals surface area (Å²) in [6.45, 7) is 41.7. The van der Waals surface area contributed by atoms with E-state index in [1.54, 1.807) is 0 Å². The van der Waals surface area contributed by atoms with Crippen LogP contribution in [0.25, 0.3) is 0 Å². The summed E-state index contributed by atoms with van der Waals surface area (Å²) in [5.74, 6) is 3.36. The molecule has 7 aliphatic rings. The Bertz CT molecular complexity index is 781. The summed E-state index contributed by atoms with van der Waals surface area (Å²) in [5, 5.41) is 0.